The Kier molecular flexibility index (Phi) is 7.81. The number of nitrogens with one attached hydrogen (secondary N) is 1. The van der Waals surface area contributed by atoms with Crippen molar-refractivity contribution in [3.05, 3.63) is 75.8 Å². The lowest BCUT2D eigenvalue weighted by Gasteiger charge is -2.29. The van der Waals surface area contributed by atoms with Crippen molar-refractivity contribution in [1.82, 2.24) is 10.4 Å². The molecule has 0 fully saturated rings. The van der Waals surface area contributed by atoms with Gasteiger partial charge in [-0.25, -0.2) is 5.48 Å². The number of amides is 2. The van der Waals surface area contributed by atoms with Gasteiger partial charge in [-0.2, -0.15) is 0 Å². The van der Waals surface area contributed by atoms with E-state index >= 15 is 0 Å². The van der Waals surface area contributed by atoms with E-state index in [0.717, 1.165) is 5.56 Å². The molecule has 9 heteroatoms. The minimum absolute atomic E-state index is 0.118. The van der Waals surface area contributed by atoms with Crippen molar-refractivity contribution in [3.8, 4) is 0 Å². The molecule has 2 atom stereocenters. The molecule has 9 nitrogen and oxygen atoms in total. The summed E-state index contributed by atoms with van der Waals surface area (Å²) in [6.07, 6.45) is 0.441. The van der Waals surface area contributed by atoms with Crippen LogP contribution in [0.15, 0.2) is 54.6 Å². The molecule has 2 unspecified atom stereocenters. The fraction of sp³-hybridized carbons (Fsp3) is 0.300. The highest BCUT2D eigenvalue weighted by Gasteiger charge is 2.28. The van der Waals surface area contributed by atoms with Gasteiger partial charge in [0.15, 0.2) is 0 Å². The predicted molar refractivity (Wildman–Crippen MR) is 104 cm³/mol. The molecule has 0 aliphatic rings. The number of aliphatic hydroxyl groups is 1. The molecule has 0 aliphatic carbocycles. The van der Waals surface area contributed by atoms with Crippen molar-refractivity contribution in [3.63, 3.8) is 0 Å². The monoisotopic (exact) mass is 401 g/mol. The molecule has 0 radical (unpaired) electrons. The summed E-state index contributed by atoms with van der Waals surface area (Å²) >= 11 is 0. The van der Waals surface area contributed by atoms with Gasteiger partial charge in [-0.3, -0.25) is 24.9 Å². The van der Waals surface area contributed by atoms with E-state index in [1.807, 2.05) is 30.3 Å². The van der Waals surface area contributed by atoms with Crippen molar-refractivity contribution >= 4 is 17.5 Å². The number of rotatable bonds is 9. The number of nitro benzene ring substituents is 1. The van der Waals surface area contributed by atoms with E-state index in [2.05, 4.69) is 0 Å². The average molecular weight is 401 g/mol. The van der Waals surface area contributed by atoms with Crippen LogP contribution in [0.2, 0.25) is 0 Å². The SMILES string of the molecule is CN(C(=O)c1ccc([N+](=O)[O-])cc1)C(CO)CC(Cc1ccccc1)C(=O)NO. The Balaban J connectivity index is 2.14. The van der Waals surface area contributed by atoms with Gasteiger partial charge in [0, 0.05) is 30.7 Å². The molecule has 0 heterocycles. The molecule has 0 aliphatic heterocycles. The van der Waals surface area contributed by atoms with Crippen LogP contribution in [0, 0.1) is 16.0 Å². The summed E-state index contributed by atoms with van der Waals surface area (Å²) in [6.45, 7) is -0.390. The summed E-state index contributed by atoms with van der Waals surface area (Å²) < 4.78 is 0. The van der Waals surface area contributed by atoms with Crippen LogP contribution >= 0.6 is 0 Å². The van der Waals surface area contributed by atoms with E-state index in [1.165, 1.54) is 36.2 Å². The third-order valence-corrected chi connectivity index (χ3v) is 4.77. The van der Waals surface area contributed by atoms with E-state index in [4.69, 9.17) is 5.21 Å². The minimum atomic E-state index is -0.691. The van der Waals surface area contributed by atoms with Crippen molar-refractivity contribution in [1.29, 1.82) is 0 Å². The second kappa shape index (κ2) is 10.3. The zero-order chi connectivity index (χ0) is 21.4. The fourth-order valence-electron chi connectivity index (χ4n) is 3.05. The van der Waals surface area contributed by atoms with E-state index in [-0.39, 0.29) is 24.3 Å². The second-order valence-electron chi connectivity index (χ2n) is 6.65. The van der Waals surface area contributed by atoms with Crippen LogP contribution in [0.5, 0.6) is 0 Å². The third kappa shape index (κ3) is 5.84. The van der Waals surface area contributed by atoms with Crippen LogP contribution in [-0.4, -0.2) is 51.6 Å². The fourth-order valence-corrected chi connectivity index (χ4v) is 3.05. The van der Waals surface area contributed by atoms with Crippen LogP contribution in [0.1, 0.15) is 22.3 Å². The smallest absolute Gasteiger partial charge is 0.269 e. The molecule has 0 bridgehead atoms. The molecule has 0 saturated carbocycles. The number of nitro groups is 1. The Morgan fingerprint density at radius 3 is 2.28 bits per heavy atom. The molecule has 3 N–H and O–H groups in total. The molecular weight excluding hydrogens is 378 g/mol. The zero-order valence-electron chi connectivity index (χ0n) is 15.9. The number of nitrogens with zero attached hydrogens (tertiary/aromatic N) is 2. The lowest BCUT2D eigenvalue weighted by Crippen LogP contribution is -2.43. The Labute approximate surface area is 167 Å². The minimum Gasteiger partial charge on any atom is -0.394 e. The number of hydrogen-bond donors (Lipinski definition) is 3. The Morgan fingerprint density at radius 1 is 1.14 bits per heavy atom. The summed E-state index contributed by atoms with van der Waals surface area (Å²) in [6, 6.07) is 13.6. The number of non-ortho nitro benzene ring substituents is 1. The van der Waals surface area contributed by atoms with Gasteiger partial charge in [0.2, 0.25) is 5.91 Å². The second-order valence-corrected chi connectivity index (χ2v) is 6.65. The first-order chi connectivity index (χ1) is 13.9. The molecule has 2 aromatic rings. The van der Waals surface area contributed by atoms with Crippen LogP contribution < -0.4 is 5.48 Å². The maximum atomic E-state index is 12.7. The van der Waals surface area contributed by atoms with Crippen molar-refractivity contribution in [2.75, 3.05) is 13.7 Å². The number of hydrogen-bond acceptors (Lipinski definition) is 6. The van der Waals surface area contributed by atoms with Crippen LogP contribution in [0.3, 0.4) is 0 Å². The number of benzene rings is 2. The predicted octanol–water partition coefficient (Wildman–Crippen LogP) is 1.78. The summed E-state index contributed by atoms with van der Waals surface area (Å²) in [5, 5.41) is 29.6. The van der Waals surface area contributed by atoms with Gasteiger partial charge in [0.05, 0.1) is 17.6 Å². The number of likely N-dealkylation sites (N-methyl/N-ethyl adjacent to an activating group) is 1. The quantitative estimate of drug-likeness (QED) is 0.333. The highest BCUT2D eigenvalue weighted by atomic mass is 16.6. The summed E-state index contributed by atoms with van der Waals surface area (Å²) in [4.78, 5) is 36.3. The first-order valence-corrected chi connectivity index (χ1v) is 8.97. The van der Waals surface area contributed by atoms with Crippen LogP contribution in [-0.2, 0) is 11.2 Å². The average Bonchev–Trinajstić information content (AvgIpc) is 2.75. The lowest BCUT2D eigenvalue weighted by molar-refractivity contribution is -0.384. The maximum Gasteiger partial charge on any atom is 0.269 e. The Hall–Kier alpha value is -3.30. The van der Waals surface area contributed by atoms with Crippen molar-refractivity contribution < 1.29 is 24.8 Å². The molecule has 29 heavy (non-hydrogen) atoms. The molecule has 154 valence electrons. The molecule has 0 spiro atoms. The highest BCUT2D eigenvalue weighted by Crippen LogP contribution is 2.20. The molecule has 2 rings (SSSR count). The highest BCUT2D eigenvalue weighted by molar-refractivity contribution is 5.94. The normalized spacial score (nSPS) is 12.7. The van der Waals surface area contributed by atoms with Gasteiger partial charge in [-0.1, -0.05) is 30.3 Å². The Bertz CT molecular complexity index is 841. The molecular formula is C20H23N3O6. The number of carbonyl (C=O) groups is 2. The topological polar surface area (TPSA) is 133 Å². The molecule has 2 aromatic carbocycles. The van der Waals surface area contributed by atoms with Crippen LogP contribution in [0.4, 0.5) is 5.69 Å². The third-order valence-electron chi connectivity index (χ3n) is 4.77. The van der Waals surface area contributed by atoms with E-state index in [9.17, 15) is 24.8 Å². The standard InChI is InChI=1S/C20H23N3O6/c1-22(20(26)15-7-9-17(10-8-15)23(28)29)18(13-24)12-16(19(25)21-27)11-14-5-3-2-4-6-14/h2-10,16,18,24,27H,11-13H2,1H3,(H,21,25). The number of carbonyl (C=O) groups excluding carboxylic acids is 2. The summed E-state index contributed by atoms with van der Waals surface area (Å²) in [7, 11) is 1.49. The maximum absolute atomic E-state index is 12.7. The van der Waals surface area contributed by atoms with Gasteiger partial charge in [0.1, 0.15) is 0 Å². The van der Waals surface area contributed by atoms with Crippen molar-refractivity contribution in [2.45, 2.75) is 18.9 Å². The van der Waals surface area contributed by atoms with Gasteiger partial charge in [-0.15, -0.1) is 0 Å². The van der Waals surface area contributed by atoms with Crippen LogP contribution in [0.25, 0.3) is 0 Å². The Morgan fingerprint density at radius 2 is 1.76 bits per heavy atom. The first-order valence-electron chi connectivity index (χ1n) is 8.97. The largest absolute Gasteiger partial charge is 0.394 e. The van der Waals surface area contributed by atoms with E-state index < -0.39 is 28.7 Å². The zero-order valence-corrected chi connectivity index (χ0v) is 15.9. The van der Waals surface area contributed by atoms with E-state index in [0.29, 0.717) is 6.42 Å². The summed E-state index contributed by atoms with van der Waals surface area (Å²) in [5.41, 5.74) is 2.61. The number of hydroxylamine groups is 1. The van der Waals surface area contributed by atoms with Gasteiger partial charge in [0.25, 0.3) is 11.6 Å². The van der Waals surface area contributed by atoms with Gasteiger partial charge >= 0.3 is 0 Å². The molecule has 2 amide bonds. The van der Waals surface area contributed by atoms with E-state index in [1.54, 1.807) is 5.48 Å². The molecule has 0 saturated heterocycles. The lowest BCUT2D eigenvalue weighted by atomic mass is 9.91. The van der Waals surface area contributed by atoms with Gasteiger partial charge < -0.3 is 10.0 Å². The summed E-state index contributed by atoms with van der Waals surface area (Å²) in [5.74, 6) is -1.73. The first kappa shape index (κ1) is 22.0. The van der Waals surface area contributed by atoms with Crippen molar-refractivity contribution in [2.24, 2.45) is 5.92 Å². The molecule has 0 aromatic heterocycles. The number of aliphatic hydroxyl groups excluding tert-OH is 1. The van der Waals surface area contributed by atoms with Gasteiger partial charge in [-0.05, 0) is 30.5 Å².